The van der Waals surface area contributed by atoms with Crippen molar-refractivity contribution in [3.8, 4) is 11.1 Å². The number of hydrogen-bond donors (Lipinski definition) is 1. The first-order valence-corrected chi connectivity index (χ1v) is 13.1. The number of nitrogens with one attached hydrogen (secondary N) is 1. The van der Waals surface area contributed by atoms with Crippen molar-refractivity contribution in [1.29, 1.82) is 0 Å². The highest BCUT2D eigenvalue weighted by atomic mass is 16.2. The van der Waals surface area contributed by atoms with Crippen molar-refractivity contribution >= 4 is 17.1 Å². The van der Waals surface area contributed by atoms with Crippen LogP contribution in [0.5, 0.6) is 0 Å². The number of nitrogens with zero attached hydrogens (tertiary/aromatic N) is 3. The van der Waals surface area contributed by atoms with Gasteiger partial charge in [-0.3, -0.25) is 0 Å². The molecule has 1 aliphatic carbocycles. The quantitative estimate of drug-likeness (QED) is 0.463. The summed E-state index contributed by atoms with van der Waals surface area (Å²) in [7, 11) is 0. The van der Waals surface area contributed by atoms with Crippen LogP contribution >= 0.6 is 0 Å². The third-order valence-corrected chi connectivity index (χ3v) is 7.97. The van der Waals surface area contributed by atoms with Gasteiger partial charge in [-0.05, 0) is 85.4 Å². The number of carbonyl (C=O) groups excluding carboxylic acids is 1. The van der Waals surface area contributed by atoms with Crippen molar-refractivity contribution in [2.45, 2.75) is 65.8 Å². The Morgan fingerprint density at radius 1 is 1.06 bits per heavy atom. The molecule has 5 heteroatoms. The average molecular weight is 459 g/mol. The van der Waals surface area contributed by atoms with Gasteiger partial charge in [0.2, 0.25) is 0 Å². The smallest absolute Gasteiger partial charge is 0.320 e. The van der Waals surface area contributed by atoms with Crippen LogP contribution in [0.1, 0.15) is 62.4 Å². The number of piperidine rings is 1. The number of fused-ring (bicyclic) bond motifs is 2. The summed E-state index contributed by atoms with van der Waals surface area (Å²) in [6, 6.07) is 13.3. The third kappa shape index (κ3) is 4.70. The predicted molar refractivity (Wildman–Crippen MR) is 139 cm³/mol. The van der Waals surface area contributed by atoms with E-state index in [9.17, 15) is 4.79 Å². The number of likely N-dealkylation sites (tertiary alicyclic amines) is 1. The van der Waals surface area contributed by atoms with Gasteiger partial charge in [-0.25, -0.2) is 9.78 Å². The molecule has 2 atom stereocenters. The Morgan fingerprint density at radius 3 is 2.65 bits per heavy atom. The van der Waals surface area contributed by atoms with E-state index in [4.69, 9.17) is 0 Å². The SMILES string of the molecule is CCCN(Cc1cc(-c2ccc3nc(C)[nH]c3c2)ccc1C)C(=O)N1CC[C@@H]2CCCC[C@H]2C1. The van der Waals surface area contributed by atoms with Gasteiger partial charge >= 0.3 is 6.03 Å². The van der Waals surface area contributed by atoms with Gasteiger partial charge < -0.3 is 14.8 Å². The van der Waals surface area contributed by atoms with E-state index >= 15 is 0 Å². The van der Waals surface area contributed by atoms with E-state index in [2.05, 4.69) is 70.0 Å². The summed E-state index contributed by atoms with van der Waals surface area (Å²) in [6.07, 6.45) is 7.52. The number of aromatic amines is 1. The summed E-state index contributed by atoms with van der Waals surface area (Å²) in [6.45, 7) is 9.64. The fourth-order valence-corrected chi connectivity index (χ4v) is 6.03. The molecule has 2 aromatic carbocycles. The fraction of sp³-hybridized carbons (Fsp3) is 0.517. The topological polar surface area (TPSA) is 52.2 Å². The molecule has 0 spiro atoms. The van der Waals surface area contributed by atoms with Crippen LogP contribution in [0.3, 0.4) is 0 Å². The normalized spacial score (nSPS) is 20.4. The van der Waals surface area contributed by atoms with E-state index in [0.717, 1.165) is 48.8 Å². The monoisotopic (exact) mass is 458 g/mol. The highest BCUT2D eigenvalue weighted by Crippen LogP contribution is 2.36. The molecule has 0 bridgehead atoms. The summed E-state index contributed by atoms with van der Waals surface area (Å²) in [4.78, 5) is 25.7. The van der Waals surface area contributed by atoms with Crippen molar-refractivity contribution in [1.82, 2.24) is 19.8 Å². The Labute approximate surface area is 203 Å². The summed E-state index contributed by atoms with van der Waals surface area (Å²) in [5.74, 6) is 2.48. The lowest BCUT2D eigenvalue weighted by Gasteiger charge is -2.42. The minimum atomic E-state index is 0.227. The summed E-state index contributed by atoms with van der Waals surface area (Å²) < 4.78 is 0. The fourth-order valence-electron chi connectivity index (χ4n) is 6.03. The Kier molecular flexibility index (Phi) is 6.62. The van der Waals surface area contributed by atoms with Gasteiger partial charge in [0, 0.05) is 26.2 Å². The molecule has 1 N–H and O–H groups in total. The Bertz CT molecular complexity index is 1170. The lowest BCUT2D eigenvalue weighted by atomic mass is 9.75. The molecule has 3 aromatic rings. The van der Waals surface area contributed by atoms with E-state index < -0.39 is 0 Å². The van der Waals surface area contributed by atoms with Crippen LogP contribution in [0.25, 0.3) is 22.2 Å². The van der Waals surface area contributed by atoms with Crippen LogP contribution in [0.4, 0.5) is 4.79 Å². The maximum Gasteiger partial charge on any atom is 0.320 e. The number of amides is 2. The van der Waals surface area contributed by atoms with Gasteiger partial charge in [-0.2, -0.15) is 0 Å². The van der Waals surface area contributed by atoms with E-state index in [1.54, 1.807) is 0 Å². The third-order valence-electron chi connectivity index (χ3n) is 7.97. The molecule has 1 aliphatic heterocycles. The molecule has 34 heavy (non-hydrogen) atoms. The van der Waals surface area contributed by atoms with Gasteiger partial charge in [0.1, 0.15) is 5.82 Å². The first kappa shape index (κ1) is 22.9. The Balaban J connectivity index is 1.35. The van der Waals surface area contributed by atoms with E-state index in [1.165, 1.54) is 54.4 Å². The summed E-state index contributed by atoms with van der Waals surface area (Å²) >= 11 is 0. The molecule has 2 heterocycles. The molecule has 0 radical (unpaired) electrons. The standard InChI is InChI=1S/C29H38N4O/c1-4-14-32(29(34)33-15-13-22-7-5-6-8-25(22)18-33)19-26-16-23(10-9-20(26)2)24-11-12-27-28(17-24)31-21(3)30-27/h9-12,16-17,22,25H,4-8,13-15,18-19H2,1-3H3,(H,30,31)/t22-,25-/m0/s1. The second kappa shape index (κ2) is 9.81. The van der Waals surface area contributed by atoms with Gasteiger partial charge in [-0.1, -0.05) is 44.4 Å². The van der Waals surface area contributed by atoms with Crippen molar-refractivity contribution in [3.63, 3.8) is 0 Å². The molecular weight excluding hydrogens is 420 g/mol. The van der Waals surface area contributed by atoms with Crippen molar-refractivity contribution in [3.05, 3.63) is 53.3 Å². The number of H-pyrrole nitrogens is 1. The van der Waals surface area contributed by atoms with E-state index in [-0.39, 0.29) is 6.03 Å². The number of aryl methyl sites for hydroxylation is 2. The van der Waals surface area contributed by atoms with Gasteiger partial charge in [0.15, 0.2) is 0 Å². The first-order chi connectivity index (χ1) is 16.5. The van der Waals surface area contributed by atoms with Crippen molar-refractivity contribution in [2.75, 3.05) is 19.6 Å². The van der Waals surface area contributed by atoms with Gasteiger partial charge in [0.25, 0.3) is 0 Å². The molecule has 0 unspecified atom stereocenters. The largest absolute Gasteiger partial charge is 0.342 e. The molecule has 180 valence electrons. The molecule has 5 rings (SSSR count). The van der Waals surface area contributed by atoms with Crippen LogP contribution < -0.4 is 0 Å². The lowest BCUT2D eigenvalue weighted by Crippen LogP contribution is -2.50. The zero-order valence-corrected chi connectivity index (χ0v) is 20.9. The number of urea groups is 1. The number of carbonyl (C=O) groups is 1. The molecular formula is C29H38N4O. The lowest BCUT2D eigenvalue weighted by molar-refractivity contribution is 0.0822. The molecule has 2 aliphatic rings. The minimum Gasteiger partial charge on any atom is -0.342 e. The predicted octanol–water partition coefficient (Wildman–Crippen LogP) is 6.69. The van der Waals surface area contributed by atoms with Gasteiger partial charge in [0.05, 0.1) is 11.0 Å². The van der Waals surface area contributed by atoms with Crippen LogP contribution in [-0.2, 0) is 6.54 Å². The van der Waals surface area contributed by atoms with E-state index in [0.29, 0.717) is 12.5 Å². The molecule has 1 saturated carbocycles. The number of imidazole rings is 1. The first-order valence-electron chi connectivity index (χ1n) is 13.1. The number of aromatic nitrogens is 2. The number of benzene rings is 2. The number of hydrogen-bond acceptors (Lipinski definition) is 2. The highest BCUT2D eigenvalue weighted by Gasteiger charge is 2.34. The van der Waals surface area contributed by atoms with Crippen LogP contribution in [0.15, 0.2) is 36.4 Å². The maximum absolute atomic E-state index is 13.6. The van der Waals surface area contributed by atoms with Crippen LogP contribution in [-0.4, -0.2) is 45.4 Å². The maximum atomic E-state index is 13.6. The van der Waals surface area contributed by atoms with Gasteiger partial charge in [-0.15, -0.1) is 0 Å². The summed E-state index contributed by atoms with van der Waals surface area (Å²) in [5, 5.41) is 0. The Morgan fingerprint density at radius 2 is 1.82 bits per heavy atom. The summed E-state index contributed by atoms with van der Waals surface area (Å²) in [5.41, 5.74) is 6.88. The highest BCUT2D eigenvalue weighted by molar-refractivity contribution is 5.82. The zero-order valence-electron chi connectivity index (χ0n) is 20.9. The van der Waals surface area contributed by atoms with E-state index in [1.807, 2.05) is 6.92 Å². The zero-order chi connectivity index (χ0) is 23.7. The number of rotatable bonds is 5. The second-order valence-electron chi connectivity index (χ2n) is 10.4. The Hall–Kier alpha value is -2.82. The molecule has 1 saturated heterocycles. The van der Waals surface area contributed by atoms with Crippen LogP contribution in [0, 0.1) is 25.7 Å². The van der Waals surface area contributed by atoms with Crippen molar-refractivity contribution < 1.29 is 4.79 Å². The van der Waals surface area contributed by atoms with Crippen molar-refractivity contribution in [2.24, 2.45) is 11.8 Å². The molecule has 5 nitrogen and oxygen atoms in total. The molecule has 2 amide bonds. The average Bonchev–Trinajstić information content (AvgIpc) is 3.23. The second-order valence-corrected chi connectivity index (χ2v) is 10.4. The van der Waals surface area contributed by atoms with Crippen LogP contribution in [0.2, 0.25) is 0 Å². The molecule has 2 fully saturated rings. The minimum absolute atomic E-state index is 0.227. The molecule has 1 aromatic heterocycles.